The highest BCUT2D eigenvalue weighted by Gasteiger charge is 2.32. The summed E-state index contributed by atoms with van der Waals surface area (Å²) < 4.78 is 34.4. The number of methoxy groups -OCH3 is 1. The Hall–Kier alpha value is -2.49. The van der Waals surface area contributed by atoms with Crippen LogP contribution in [-0.2, 0) is 10.0 Å². The van der Waals surface area contributed by atoms with Gasteiger partial charge in [0.1, 0.15) is 10.6 Å². The summed E-state index contributed by atoms with van der Waals surface area (Å²) in [5.41, 5.74) is 1.37. The summed E-state index contributed by atoms with van der Waals surface area (Å²) >= 11 is 1.69. The molecule has 2 aliphatic rings. The minimum Gasteiger partial charge on any atom is -0.495 e. The molecule has 1 aromatic heterocycles. The fourth-order valence-corrected chi connectivity index (χ4v) is 7.48. The first kappa shape index (κ1) is 22.3. The Kier molecular flexibility index (Phi) is 6.11. The van der Waals surface area contributed by atoms with E-state index < -0.39 is 10.0 Å². The van der Waals surface area contributed by atoms with E-state index in [1.165, 1.54) is 17.5 Å². The second-order valence-electron chi connectivity index (χ2n) is 8.59. The molecule has 2 saturated heterocycles. The minimum absolute atomic E-state index is 0.0671. The summed E-state index contributed by atoms with van der Waals surface area (Å²) in [7, 11) is -2.26. The summed E-state index contributed by atoms with van der Waals surface area (Å²) in [5.74, 6) is 0.303. The number of hydrogen-bond donors (Lipinski definition) is 0. The number of nitrogens with zero attached hydrogens (tertiary/aromatic N) is 3. The van der Waals surface area contributed by atoms with Gasteiger partial charge in [0.25, 0.3) is 5.91 Å². The predicted molar refractivity (Wildman–Crippen MR) is 128 cm³/mol. The molecular formula is C24H27N3O4S2. The molecule has 1 atom stereocenters. The van der Waals surface area contributed by atoms with Crippen molar-refractivity contribution >= 4 is 37.5 Å². The lowest BCUT2D eigenvalue weighted by atomic mass is 9.98. The van der Waals surface area contributed by atoms with Crippen molar-refractivity contribution in [1.82, 2.24) is 14.2 Å². The van der Waals surface area contributed by atoms with Crippen molar-refractivity contribution in [3.8, 4) is 5.75 Å². The first-order valence-corrected chi connectivity index (χ1v) is 13.6. The highest BCUT2D eigenvalue weighted by atomic mass is 32.2. The maximum Gasteiger partial charge on any atom is 0.253 e. The molecule has 7 nitrogen and oxygen atoms in total. The summed E-state index contributed by atoms with van der Waals surface area (Å²) in [6.45, 7) is 2.23. The molecule has 2 aromatic carbocycles. The predicted octanol–water partition coefficient (Wildman–Crippen LogP) is 4.11. The van der Waals surface area contributed by atoms with Gasteiger partial charge in [-0.15, -0.1) is 11.3 Å². The Morgan fingerprint density at radius 3 is 2.64 bits per heavy atom. The number of hydrogen-bond acceptors (Lipinski definition) is 6. The van der Waals surface area contributed by atoms with E-state index in [2.05, 4.69) is 6.07 Å². The van der Waals surface area contributed by atoms with E-state index in [9.17, 15) is 13.2 Å². The lowest BCUT2D eigenvalue weighted by Gasteiger charge is -2.32. The van der Waals surface area contributed by atoms with Crippen LogP contribution in [0.2, 0.25) is 0 Å². The van der Waals surface area contributed by atoms with Crippen molar-refractivity contribution in [1.29, 1.82) is 0 Å². The number of rotatable bonds is 5. The summed E-state index contributed by atoms with van der Waals surface area (Å²) in [5, 5.41) is 1.06. The number of sulfonamides is 1. The number of para-hydroxylation sites is 1. The second-order valence-corrected chi connectivity index (χ2v) is 11.6. The molecule has 0 spiro atoms. The number of fused-ring (bicyclic) bond motifs is 1. The van der Waals surface area contributed by atoms with Crippen LogP contribution in [0.1, 0.15) is 47.0 Å². The molecule has 5 rings (SSSR count). The van der Waals surface area contributed by atoms with Gasteiger partial charge < -0.3 is 9.64 Å². The van der Waals surface area contributed by atoms with Gasteiger partial charge in [0.05, 0.1) is 22.3 Å². The van der Waals surface area contributed by atoms with Crippen LogP contribution in [0.25, 0.3) is 10.2 Å². The smallest absolute Gasteiger partial charge is 0.253 e. The fourth-order valence-electron chi connectivity index (χ4n) is 4.69. The largest absolute Gasteiger partial charge is 0.495 e. The molecule has 3 aromatic rings. The number of likely N-dealkylation sites (tertiary alicyclic amines) is 1. The highest BCUT2D eigenvalue weighted by Crippen LogP contribution is 2.34. The summed E-state index contributed by atoms with van der Waals surface area (Å²) in [6.07, 6.45) is 3.57. The lowest BCUT2D eigenvalue weighted by molar-refractivity contribution is 0.0707. The molecule has 1 amide bonds. The first-order chi connectivity index (χ1) is 16.0. The fraction of sp³-hybridized carbons (Fsp3) is 0.417. The average molecular weight is 486 g/mol. The minimum atomic E-state index is -3.71. The van der Waals surface area contributed by atoms with Crippen LogP contribution >= 0.6 is 11.3 Å². The third-order valence-electron chi connectivity index (χ3n) is 6.46. The quantitative estimate of drug-likeness (QED) is 0.543. The monoisotopic (exact) mass is 485 g/mol. The van der Waals surface area contributed by atoms with E-state index in [0.717, 1.165) is 40.9 Å². The Bertz CT molecular complexity index is 1250. The molecule has 174 valence electrons. The van der Waals surface area contributed by atoms with Crippen molar-refractivity contribution in [3.05, 3.63) is 53.0 Å². The molecule has 0 radical (unpaired) electrons. The second kappa shape index (κ2) is 9.04. The maximum absolute atomic E-state index is 13.4. The van der Waals surface area contributed by atoms with E-state index >= 15 is 0 Å². The molecule has 0 bridgehead atoms. The molecule has 9 heteroatoms. The Morgan fingerprint density at radius 2 is 1.88 bits per heavy atom. The Labute approximate surface area is 198 Å². The summed E-state index contributed by atoms with van der Waals surface area (Å²) in [4.78, 5) is 20.1. The zero-order chi connectivity index (χ0) is 23.0. The van der Waals surface area contributed by atoms with Gasteiger partial charge in [0.15, 0.2) is 0 Å². The number of aromatic nitrogens is 1. The van der Waals surface area contributed by atoms with E-state index in [1.807, 2.05) is 23.1 Å². The van der Waals surface area contributed by atoms with Gasteiger partial charge in [-0.05, 0) is 56.0 Å². The van der Waals surface area contributed by atoms with Crippen molar-refractivity contribution in [2.45, 2.75) is 36.5 Å². The third kappa shape index (κ3) is 4.25. The van der Waals surface area contributed by atoms with Crippen LogP contribution in [0.5, 0.6) is 5.75 Å². The number of carbonyl (C=O) groups is 1. The Morgan fingerprint density at radius 1 is 1.09 bits per heavy atom. The number of piperidine rings is 1. The highest BCUT2D eigenvalue weighted by molar-refractivity contribution is 7.89. The third-order valence-corrected chi connectivity index (χ3v) is 9.58. The number of ether oxygens (including phenoxy) is 1. The van der Waals surface area contributed by atoms with Crippen LogP contribution in [0.4, 0.5) is 0 Å². The van der Waals surface area contributed by atoms with Gasteiger partial charge in [-0.25, -0.2) is 13.4 Å². The van der Waals surface area contributed by atoms with Gasteiger partial charge in [0, 0.05) is 37.7 Å². The van der Waals surface area contributed by atoms with Crippen molar-refractivity contribution in [3.63, 3.8) is 0 Å². The van der Waals surface area contributed by atoms with Gasteiger partial charge in [-0.2, -0.15) is 4.31 Å². The summed E-state index contributed by atoms with van der Waals surface area (Å²) in [6, 6.07) is 12.8. The molecule has 2 aliphatic heterocycles. The standard InChI is InChI=1S/C24H27N3O4S2/c1-31-20-11-10-17(15-22(20)33(29,30)27-13-4-5-14-27)24(28)26-12-6-7-18(16-26)23-25-19-8-2-3-9-21(19)32-23/h2-3,8-11,15,18H,4-7,12-14,16H2,1H3. The van der Waals surface area contributed by atoms with E-state index in [1.54, 1.807) is 23.5 Å². The first-order valence-electron chi connectivity index (χ1n) is 11.3. The maximum atomic E-state index is 13.4. The topological polar surface area (TPSA) is 79.8 Å². The molecule has 33 heavy (non-hydrogen) atoms. The van der Waals surface area contributed by atoms with Gasteiger partial charge in [-0.1, -0.05) is 12.1 Å². The van der Waals surface area contributed by atoms with Crippen molar-refractivity contribution in [2.24, 2.45) is 0 Å². The normalized spacial score (nSPS) is 19.8. The average Bonchev–Trinajstić information content (AvgIpc) is 3.54. The zero-order valence-corrected chi connectivity index (χ0v) is 20.2. The van der Waals surface area contributed by atoms with Gasteiger partial charge >= 0.3 is 0 Å². The van der Waals surface area contributed by atoms with E-state index in [-0.39, 0.29) is 22.5 Å². The van der Waals surface area contributed by atoms with Crippen molar-refractivity contribution < 1.29 is 17.9 Å². The van der Waals surface area contributed by atoms with E-state index in [0.29, 0.717) is 31.7 Å². The molecular weight excluding hydrogens is 458 g/mol. The number of amides is 1. The number of carbonyl (C=O) groups excluding carboxylic acids is 1. The van der Waals surface area contributed by atoms with Crippen LogP contribution in [0.15, 0.2) is 47.4 Å². The molecule has 2 fully saturated rings. The van der Waals surface area contributed by atoms with E-state index in [4.69, 9.17) is 9.72 Å². The van der Waals surface area contributed by atoms with Crippen LogP contribution in [0, 0.1) is 0 Å². The van der Waals surface area contributed by atoms with Gasteiger partial charge in [0.2, 0.25) is 10.0 Å². The zero-order valence-electron chi connectivity index (χ0n) is 18.6. The number of thiazole rings is 1. The van der Waals surface area contributed by atoms with Crippen LogP contribution in [-0.4, -0.2) is 61.8 Å². The van der Waals surface area contributed by atoms with Crippen molar-refractivity contribution in [2.75, 3.05) is 33.3 Å². The molecule has 3 heterocycles. The lowest BCUT2D eigenvalue weighted by Crippen LogP contribution is -2.39. The Balaban J connectivity index is 1.40. The van der Waals surface area contributed by atoms with Crippen LogP contribution < -0.4 is 4.74 Å². The molecule has 1 unspecified atom stereocenters. The van der Waals surface area contributed by atoms with Gasteiger partial charge in [-0.3, -0.25) is 4.79 Å². The molecule has 0 saturated carbocycles. The molecule has 0 aliphatic carbocycles. The molecule has 0 N–H and O–H groups in total. The SMILES string of the molecule is COc1ccc(C(=O)N2CCCC(c3nc4ccccc4s3)C2)cc1S(=O)(=O)N1CCCC1. The number of benzene rings is 2. The van der Waals surface area contributed by atoms with Crippen LogP contribution in [0.3, 0.4) is 0 Å².